The minimum Gasteiger partial charge on any atom is -0.481 e. The Kier molecular flexibility index (Phi) is 8.77. The van der Waals surface area contributed by atoms with Gasteiger partial charge >= 0.3 is 5.97 Å². The summed E-state index contributed by atoms with van der Waals surface area (Å²) in [5, 5.41) is 0. The zero-order valence-corrected chi connectivity index (χ0v) is 21.9. The van der Waals surface area contributed by atoms with E-state index in [2.05, 4.69) is 11.8 Å². The molecular formula is C27H32N2O6S. The van der Waals surface area contributed by atoms with E-state index in [0.29, 0.717) is 11.3 Å². The molecule has 1 aliphatic rings. The van der Waals surface area contributed by atoms with Crippen molar-refractivity contribution in [2.24, 2.45) is 0 Å². The second-order valence-electron chi connectivity index (χ2n) is 9.30. The van der Waals surface area contributed by atoms with Crippen LogP contribution in [0.5, 0.6) is 5.75 Å². The van der Waals surface area contributed by atoms with Gasteiger partial charge in [0.2, 0.25) is 10.0 Å². The van der Waals surface area contributed by atoms with E-state index in [1.807, 2.05) is 6.07 Å². The smallest absolute Gasteiger partial charge is 0.325 e. The van der Waals surface area contributed by atoms with Gasteiger partial charge < -0.3 is 14.4 Å². The topological polar surface area (TPSA) is 93.2 Å². The summed E-state index contributed by atoms with van der Waals surface area (Å²) < 4.78 is 39.6. The Morgan fingerprint density at radius 3 is 2.28 bits per heavy atom. The maximum atomic E-state index is 13.7. The number of esters is 1. The third-order valence-corrected chi connectivity index (χ3v) is 7.44. The van der Waals surface area contributed by atoms with Gasteiger partial charge in [0.15, 0.2) is 0 Å². The van der Waals surface area contributed by atoms with Crippen LogP contribution < -0.4 is 4.74 Å². The molecule has 2 aromatic rings. The highest BCUT2D eigenvalue weighted by molar-refractivity contribution is 7.89. The quantitative estimate of drug-likeness (QED) is 0.435. The van der Waals surface area contributed by atoms with Crippen LogP contribution in [0.4, 0.5) is 0 Å². The van der Waals surface area contributed by atoms with Gasteiger partial charge in [-0.2, -0.15) is 4.31 Å². The second-order valence-corrected chi connectivity index (χ2v) is 11.2. The molecule has 1 aliphatic heterocycles. The van der Waals surface area contributed by atoms with E-state index < -0.39 is 27.6 Å². The number of sulfonamides is 1. The van der Waals surface area contributed by atoms with Crippen molar-refractivity contribution in [3.63, 3.8) is 0 Å². The predicted octanol–water partition coefficient (Wildman–Crippen LogP) is 3.34. The molecule has 1 heterocycles. The van der Waals surface area contributed by atoms with Gasteiger partial charge in [0.05, 0.1) is 4.90 Å². The van der Waals surface area contributed by atoms with Crippen LogP contribution in [-0.2, 0) is 19.6 Å². The van der Waals surface area contributed by atoms with Gasteiger partial charge in [-0.15, -0.1) is 5.92 Å². The molecule has 1 atom stereocenters. The lowest BCUT2D eigenvalue weighted by Crippen LogP contribution is -2.47. The van der Waals surface area contributed by atoms with E-state index in [1.54, 1.807) is 69.0 Å². The Balaban J connectivity index is 1.89. The molecule has 192 valence electrons. The molecule has 0 aromatic heterocycles. The maximum Gasteiger partial charge on any atom is 0.325 e. The Morgan fingerprint density at radius 1 is 1.00 bits per heavy atom. The van der Waals surface area contributed by atoms with E-state index in [9.17, 15) is 18.0 Å². The van der Waals surface area contributed by atoms with E-state index in [0.717, 1.165) is 4.31 Å². The van der Waals surface area contributed by atoms with Crippen molar-refractivity contribution in [2.75, 3.05) is 26.2 Å². The predicted molar refractivity (Wildman–Crippen MR) is 136 cm³/mol. The number of hydrogen-bond acceptors (Lipinski definition) is 6. The molecule has 0 spiro atoms. The van der Waals surface area contributed by atoms with Crippen LogP contribution >= 0.6 is 0 Å². The number of hydrogen-bond donors (Lipinski definition) is 0. The monoisotopic (exact) mass is 512 g/mol. The third kappa shape index (κ3) is 6.86. The molecule has 1 fully saturated rings. The minimum atomic E-state index is -4.08. The molecule has 1 unspecified atom stereocenters. The van der Waals surface area contributed by atoms with E-state index >= 15 is 0 Å². The Hall–Kier alpha value is -3.35. The van der Waals surface area contributed by atoms with Crippen molar-refractivity contribution >= 4 is 21.9 Å². The van der Waals surface area contributed by atoms with Gasteiger partial charge in [-0.1, -0.05) is 24.1 Å². The summed E-state index contributed by atoms with van der Waals surface area (Å²) in [6, 6.07) is 13.7. The Bertz CT molecular complexity index is 1230. The molecule has 0 radical (unpaired) electrons. The summed E-state index contributed by atoms with van der Waals surface area (Å²) in [5.74, 6) is 5.13. The average molecular weight is 513 g/mol. The van der Waals surface area contributed by atoms with Crippen LogP contribution in [0.15, 0.2) is 59.5 Å². The molecule has 0 saturated carbocycles. The summed E-state index contributed by atoms with van der Waals surface area (Å²) in [5.41, 5.74) is -0.287. The van der Waals surface area contributed by atoms with Gasteiger partial charge in [0, 0.05) is 25.2 Å². The lowest BCUT2D eigenvalue weighted by Gasteiger charge is -2.30. The largest absolute Gasteiger partial charge is 0.481 e. The van der Waals surface area contributed by atoms with Gasteiger partial charge in [0.1, 0.15) is 24.0 Å². The SMILES string of the molecule is CC#CCOc1ccc(S(=O)(=O)N2CCN(C(=O)c3ccccc3)CCC2C(=O)OC(C)(C)C)cc1. The maximum absolute atomic E-state index is 13.7. The molecule has 0 N–H and O–H groups in total. The number of ether oxygens (including phenoxy) is 2. The van der Waals surface area contributed by atoms with Crippen LogP contribution in [0.2, 0.25) is 0 Å². The van der Waals surface area contributed by atoms with Gasteiger partial charge in [-0.3, -0.25) is 9.59 Å². The van der Waals surface area contributed by atoms with Crippen molar-refractivity contribution < 1.29 is 27.5 Å². The Labute approximate surface area is 213 Å². The van der Waals surface area contributed by atoms with Gasteiger partial charge in [-0.25, -0.2) is 8.42 Å². The van der Waals surface area contributed by atoms with E-state index in [4.69, 9.17) is 9.47 Å². The number of carbonyl (C=O) groups is 2. The fourth-order valence-electron chi connectivity index (χ4n) is 3.80. The van der Waals surface area contributed by atoms with Crippen LogP contribution in [0.3, 0.4) is 0 Å². The van der Waals surface area contributed by atoms with Crippen molar-refractivity contribution in [3.05, 3.63) is 60.2 Å². The summed E-state index contributed by atoms with van der Waals surface area (Å²) >= 11 is 0. The molecule has 9 heteroatoms. The van der Waals surface area contributed by atoms with Gasteiger partial charge in [-0.05, 0) is 70.5 Å². The zero-order valence-electron chi connectivity index (χ0n) is 21.1. The Morgan fingerprint density at radius 2 is 1.67 bits per heavy atom. The van der Waals surface area contributed by atoms with Crippen molar-refractivity contribution in [3.8, 4) is 17.6 Å². The van der Waals surface area contributed by atoms with Crippen LogP contribution in [0.25, 0.3) is 0 Å². The highest BCUT2D eigenvalue weighted by atomic mass is 32.2. The van der Waals surface area contributed by atoms with Crippen molar-refractivity contribution in [2.45, 2.75) is 50.7 Å². The standard InChI is InChI=1S/C27H32N2O6S/c1-5-6-20-34-22-12-14-23(15-13-22)36(32,33)29-19-18-28(25(30)21-10-8-7-9-11-21)17-16-24(29)26(31)35-27(2,3)4/h7-15,24H,16-20H2,1-4H3. The fourth-order valence-corrected chi connectivity index (χ4v) is 5.40. The van der Waals surface area contributed by atoms with Crippen LogP contribution in [0.1, 0.15) is 44.5 Å². The highest BCUT2D eigenvalue weighted by Crippen LogP contribution is 2.26. The normalized spacial score (nSPS) is 16.9. The molecule has 0 bridgehead atoms. The molecule has 3 rings (SSSR count). The molecule has 8 nitrogen and oxygen atoms in total. The third-order valence-electron chi connectivity index (χ3n) is 5.52. The molecular weight excluding hydrogens is 480 g/mol. The molecule has 1 amide bonds. The molecule has 36 heavy (non-hydrogen) atoms. The first-order valence-electron chi connectivity index (χ1n) is 11.7. The first-order chi connectivity index (χ1) is 17.0. The molecule has 2 aromatic carbocycles. The lowest BCUT2D eigenvalue weighted by molar-refractivity contribution is -0.159. The summed E-state index contributed by atoms with van der Waals surface area (Å²) in [7, 11) is -4.08. The highest BCUT2D eigenvalue weighted by Gasteiger charge is 2.40. The summed E-state index contributed by atoms with van der Waals surface area (Å²) in [6.45, 7) is 7.40. The first kappa shape index (κ1) is 27.2. The van der Waals surface area contributed by atoms with E-state index in [-0.39, 0.29) is 43.5 Å². The first-order valence-corrected chi connectivity index (χ1v) is 13.2. The van der Waals surface area contributed by atoms with Crippen LogP contribution in [0, 0.1) is 11.8 Å². The number of rotatable bonds is 6. The van der Waals surface area contributed by atoms with Crippen molar-refractivity contribution in [1.29, 1.82) is 0 Å². The number of amides is 1. The number of nitrogens with zero attached hydrogens (tertiary/aromatic N) is 2. The summed E-state index contributed by atoms with van der Waals surface area (Å²) in [4.78, 5) is 27.8. The minimum absolute atomic E-state index is 0.0211. The number of benzene rings is 2. The van der Waals surface area contributed by atoms with Gasteiger partial charge in [0.25, 0.3) is 5.91 Å². The molecule has 0 aliphatic carbocycles. The van der Waals surface area contributed by atoms with Crippen molar-refractivity contribution in [1.82, 2.24) is 9.21 Å². The van der Waals surface area contributed by atoms with E-state index in [1.165, 1.54) is 12.1 Å². The summed E-state index contributed by atoms with van der Waals surface area (Å²) in [6.07, 6.45) is 0.115. The zero-order chi connectivity index (χ0) is 26.3. The fraction of sp³-hybridized carbons (Fsp3) is 0.407. The van der Waals surface area contributed by atoms with Crippen LogP contribution in [-0.4, -0.2) is 67.4 Å². The average Bonchev–Trinajstić information content (AvgIpc) is 3.07. The second kappa shape index (κ2) is 11.6. The number of carbonyl (C=O) groups excluding carboxylic acids is 2. The lowest BCUT2D eigenvalue weighted by atomic mass is 10.1. The molecule has 1 saturated heterocycles.